The van der Waals surface area contributed by atoms with Crippen molar-refractivity contribution < 1.29 is 14.0 Å². The van der Waals surface area contributed by atoms with E-state index in [1.165, 1.54) is 0 Å². The van der Waals surface area contributed by atoms with Crippen LogP contribution < -0.4 is 10.6 Å². The summed E-state index contributed by atoms with van der Waals surface area (Å²) in [6.45, 7) is 7.60. The summed E-state index contributed by atoms with van der Waals surface area (Å²) in [5.74, 6) is -0.682. The molecule has 0 spiro atoms. The standard InChI is InChI=1S/C21H22N2O3/c1-12(2)20(24)23-18-16-7-5-6-8-17(16)26-19(18)21(25)22-15-10-9-13(3)14(4)11-15/h5-12H,1-4H3,(H,22,25)(H,23,24). The van der Waals surface area contributed by atoms with Gasteiger partial charge in [-0.3, -0.25) is 9.59 Å². The Morgan fingerprint density at radius 3 is 2.38 bits per heavy atom. The van der Waals surface area contributed by atoms with Crippen LogP contribution in [0, 0.1) is 19.8 Å². The number of para-hydroxylation sites is 1. The summed E-state index contributed by atoms with van der Waals surface area (Å²) in [4.78, 5) is 25.0. The quantitative estimate of drug-likeness (QED) is 0.703. The molecule has 0 aliphatic carbocycles. The van der Waals surface area contributed by atoms with Gasteiger partial charge in [0.15, 0.2) is 0 Å². The van der Waals surface area contributed by atoms with Crippen LogP contribution in [0.4, 0.5) is 11.4 Å². The SMILES string of the molecule is Cc1ccc(NC(=O)c2oc3ccccc3c2NC(=O)C(C)C)cc1C. The van der Waals surface area contributed by atoms with Crippen LogP contribution in [-0.2, 0) is 4.79 Å². The highest BCUT2D eigenvalue weighted by Gasteiger charge is 2.23. The fourth-order valence-electron chi connectivity index (χ4n) is 2.60. The number of carbonyl (C=O) groups excluding carboxylic acids is 2. The Bertz CT molecular complexity index is 986. The molecule has 5 heteroatoms. The van der Waals surface area contributed by atoms with Crippen molar-refractivity contribution >= 4 is 34.2 Å². The first-order valence-electron chi connectivity index (χ1n) is 8.58. The Morgan fingerprint density at radius 1 is 0.962 bits per heavy atom. The first kappa shape index (κ1) is 17.7. The van der Waals surface area contributed by atoms with Crippen LogP contribution in [0.5, 0.6) is 0 Å². The summed E-state index contributed by atoms with van der Waals surface area (Å²) in [5, 5.41) is 6.37. The molecular formula is C21H22N2O3. The average Bonchev–Trinajstić information content (AvgIpc) is 2.97. The van der Waals surface area contributed by atoms with Crippen LogP contribution >= 0.6 is 0 Å². The maximum atomic E-state index is 12.8. The third-order valence-electron chi connectivity index (χ3n) is 4.34. The van der Waals surface area contributed by atoms with Gasteiger partial charge in [-0.15, -0.1) is 0 Å². The van der Waals surface area contributed by atoms with Gasteiger partial charge in [-0.25, -0.2) is 0 Å². The molecule has 0 saturated heterocycles. The molecular weight excluding hydrogens is 328 g/mol. The number of amides is 2. The number of carbonyl (C=O) groups is 2. The Hall–Kier alpha value is -3.08. The lowest BCUT2D eigenvalue weighted by molar-refractivity contribution is -0.118. The molecule has 26 heavy (non-hydrogen) atoms. The van der Waals surface area contributed by atoms with Crippen molar-refractivity contribution in [1.82, 2.24) is 0 Å². The molecule has 2 aromatic carbocycles. The van der Waals surface area contributed by atoms with Crippen molar-refractivity contribution in [3.05, 3.63) is 59.4 Å². The van der Waals surface area contributed by atoms with E-state index in [9.17, 15) is 9.59 Å². The van der Waals surface area contributed by atoms with Gasteiger partial charge in [-0.2, -0.15) is 0 Å². The van der Waals surface area contributed by atoms with Gasteiger partial charge in [0.1, 0.15) is 11.3 Å². The second kappa shape index (κ2) is 7.04. The summed E-state index contributed by atoms with van der Waals surface area (Å²) in [5.41, 5.74) is 3.87. The Balaban J connectivity index is 1.98. The molecule has 0 saturated carbocycles. The summed E-state index contributed by atoms with van der Waals surface area (Å²) >= 11 is 0. The zero-order chi connectivity index (χ0) is 18.8. The van der Waals surface area contributed by atoms with Gasteiger partial charge >= 0.3 is 0 Å². The zero-order valence-corrected chi connectivity index (χ0v) is 15.3. The van der Waals surface area contributed by atoms with E-state index in [1.54, 1.807) is 19.9 Å². The fraction of sp³-hybridized carbons (Fsp3) is 0.238. The van der Waals surface area contributed by atoms with Gasteiger partial charge in [0.2, 0.25) is 11.7 Å². The molecule has 0 fully saturated rings. The minimum Gasteiger partial charge on any atom is -0.449 e. The fourth-order valence-corrected chi connectivity index (χ4v) is 2.60. The van der Waals surface area contributed by atoms with Crippen LogP contribution in [0.25, 0.3) is 11.0 Å². The molecule has 2 N–H and O–H groups in total. The van der Waals surface area contributed by atoms with Gasteiger partial charge in [-0.1, -0.05) is 32.0 Å². The average molecular weight is 350 g/mol. The zero-order valence-electron chi connectivity index (χ0n) is 15.3. The largest absolute Gasteiger partial charge is 0.449 e. The van der Waals surface area contributed by atoms with Crippen LogP contribution in [0.1, 0.15) is 35.5 Å². The van der Waals surface area contributed by atoms with E-state index in [4.69, 9.17) is 4.42 Å². The number of fused-ring (bicyclic) bond motifs is 1. The number of benzene rings is 2. The number of rotatable bonds is 4. The molecule has 0 bridgehead atoms. The van der Waals surface area contributed by atoms with E-state index in [-0.39, 0.29) is 17.6 Å². The van der Waals surface area contributed by atoms with E-state index in [2.05, 4.69) is 10.6 Å². The molecule has 1 heterocycles. The van der Waals surface area contributed by atoms with Gasteiger partial charge < -0.3 is 15.1 Å². The predicted molar refractivity (Wildman–Crippen MR) is 104 cm³/mol. The number of hydrogen-bond acceptors (Lipinski definition) is 3. The molecule has 0 atom stereocenters. The van der Waals surface area contributed by atoms with Crippen LogP contribution in [-0.4, -0.2) is 11.8 Å². The van der Waals surface area contributed by atoms with Gasteiger partial charge in [-0.05, 0) is 49.2 Å². The van der Waals surface area contributed by atoms with E-state index >= 15 is 0 Å². The van der Waals surface area contributed by atoms with E-state index in [0.717, 1.165) is 11.1 Å². The highest BCUT2D eigenvalue weighted by atomic mass is 16.3. The second-order valence-electron chi connectivity index (χ2n) is 6.70. The van der Waals surface area contributed by atoms with Crippen molar-refractivity contribution in [1.29, 1.82) is 0 Å². The van der Waals surface area contributed by atoms with Crippen molar-refractivity contribution in [2.24, 2.45) is 5.92 Å². The van der Waals surface area contributed by atoms with Crippen molar-refractivity contribution in [2.45, 2.75) is 27.7 Å². The molecule has 3 rings (SSSR count). The summed E-state index contributed by atoms with van der Waals surface area (Å²) < 4.78 is 5.74. The number of furan rings is 1. The first-order chi connectivity index (χ1) is 12.4. The summed E-state index contributed by atoms with van der Waals surface area (Å²) in [6, 6.07) is 13.0. The lowest BCUT2D eigenvalue weighted by Gasteiger charge is -2.10. The molecule has 0 aliphatic heterocycles. The lowest BCUT2D eigenvalue weighted by atomic mass is 10.1. The molecule has 0 unspecified atom stereocenters. The van der Waals surface area contributed by atoms with E-state index in [0.29, 0.717) is 22.3 Å². The smallest absolute Gasteiger partial charge is 0.293 e. The third-order valence-corrected chi connectivity index (χ3v) is 4.34. The normalized spacial score (nSPS) is 11.0. The molecule has 5 nitrogen and oxygen atoms in total. The topological polar surface area (TPSA) is 71.3 Å². The Labute approximate surface area is 152 Å². The van der Waals surface area contributed by atoms with Crippen molar-refractivity contribution in [3.63, 3.8) is 0 Å². The van der Waals surface area contributed by atoms with Crippen molar-refractivity contribution in [2.75, 3.05) is 10.6 Å². The number of anilines is 2. The van der Waals surface area contributed by atoms with Gasteiger partial charge in [0, 0.05) is 17.0 Å². The van der Waals surface area contributed by atoms with E-state index in [1.807, 2.05) is 50.2 Å². The molecule has 2 amide bonds. The highest BCUT2D eigenvalue weighted by Crippen LogP contribution is 2.32. The molecule has 134 valence electrons. The van der Waals surface area contributed by atoms with Crippen LogP contribution in [0.3, 0.4) is 0 Å². The van der Waals surface area contributed by atoms with Crippen LogP contribution in [0.2, 0.25) is 0 Å². The maximum Gasteiger partial charge on any atom is 0.293 e. The van der Waals surface area contributed by atoms with E-state index < -0.39 is 5.91 Å². The minimum absolute atomic E-state index is 0.0958. The third kappa shape index (κ3) is 3.47. The number of aryl methyl sites for hydroxylation is 2. The minimum atomic E-state index is -0.400. The molecule has 1 aromatic heterocycles. The maximum absolute atomic E-state index is 12.8. The first-order valence-corrected chi connectivity index (χ1v) is 8.58. The second-order valence-corrected chi connectivity index (χ2v) is 6.70. The molecule has 0 aliphatic rings. The number of hydrogen-bond donors (Lipinski definition) is 2. The monoisotopic (exact) mass is 350 g/mol. The Morgan fingerprint density at radius 2 is 1.69 bits per heavy atom. The Kier molecular flexibility index (Phi) is 4.80. The lowest BCUT2D eigenvalue weighted by Crippen LogP contribution is -2.20. The molecule has 0 radical (unpaired) electrons. The summed E-state index contributed by atoms with van der Waals surface area (Å²) in [6.07, 6.45) is 0. The van der Waals surface area contributed by atoms with Gasteiger partial charge in [0.05, 0.1) is 0 Å². The number of nitrogens with one attached hydrogen (secondary N) is 2. The van der Waals surface area contributed by atoms with Gasteiger partial charge in [0.25, 0.3) is 5.91 Å². The highest BCUT2D eigenvalue weighted by molar-refractivity contribution is 6.14. The molecule has 3 aromatic rings. The predicted octanol–water partition coefficient (Wildman–Crippen LogP) is 4.90. The van der Waals surface area contributed by atoms with Crippen molar-refractivity contribution in [3.8, 4) is 0 Å². The van der Waals surface area contributed by atoms with Crippen LogP contribution in [0.15, 0.2) is 46.9 Å². The summed E-state index contributed by atoms with van der Waals surface area (Å²) in [7, 11) is 0.